The number of carbonyl (C=O) groups excluding carboxylic acids is 2. The Balaban J connectivity index is 1.57. The van der Waals surface area contributed by atoms with Crippen molar-refractivity contribution in [3.63, 3.8) is 0 Å². The molecular weight excluding hydrogens is 435 g/mol. The number of rotatable bonds is 2. The minimum absolute atomic E-state index is 0.00779. The lowest BCUT2D eigenvalue weighted by molar-refractivity contribution is -0.137. The van der Waals surface area contributed by atoms with Crippen LogP contribution >= 0.6 is 11.6 Å². The molecule has 3 aromatic rings. The van der Waals surface area contributed by atoms with Crippen LogP contribution < -0.4 is 10.6 Å². The second kappa shape index (κ2) is 6.55. The van der Waals surface area contributed by atoms with E-state index in [0.717, 1.165) is 12.3 Å². The van der Waals surface area contributed by atoms with Crippen molar-refractivity contribution >= 4 is 34.9 Å². The summed E-state index contributed by atoms with van der Waals surface area (Å²) < 4.78 is 39.7. The molecule has 0 unspecified atom stereocenters. The van der Waals surface area contributed by atoms with E-state index in [4.69, 9.17) is 11.6 Å². The Kier molecular flexibility index (Phi) is 4.13. The fourth-order valence-electron chi connectivity index (χ4n) is 4.07. The van der Waals surface area contributed by atoms with Crippen molar-refractivity contribution in [2.75, 3.05) is 10.6 Å². The number of benzene rings is 1. The van der Waals surface area contributed by atoms with E-state index in [1.54, 1.807) is 18.2 Å². The van der Waals surface area contributed by atoms with Crippen LogP contribution in [-0.2, 0) is 27.7 Å². The molecule has 1 spiro atoms. The maximum Gasteiger partial charge on any atom is 0.417 e. The number of nitrogens with zero attached hydrogens (tertiary/aromatic N) is 3. The average molecular weight is 448 g/mol. The van der Waals surface area contributed by atoms with Crippen molar-refractivity contribution in [2.45, 2.75) is 24.6 Å². The number of fused-ring (bicyclic) bond motifs is 4. The predicted octanol–water partition coefficient (Wildman–Crippen LogP) is 3.58. The quantitative estimate of drug-likeness (QED) is 0.628. The van der Waals surface area contributed by atoms with Gasteiger partial charge in [-0.2, -0.15) is 18.3 Å². The summed E-state index contributed by atoms with van der Waals surface area (Å²) in [5.74, 6) is -0.466. The lowest BCUT2D eigenvalue weighted by Gasteiger charge is -2.31. The lowest BCUT2D eigenvalue weighted by atomic mass is 9.72. The number of carbonyl (C=O) groups is 2. The molecule has 11 heteroatoms. The SMILES string of the molecule is O=C1C[C@]2(C(=O)Nc3ccc(Cl)cc32)c2cnn(Cc3ccc(C(F)(F)F)cn3)c2N1. The number of hydrogen-bond acceptors (Lipinski definition) is 4. The summed E-state index contributed by atoms with van der Waals surface area (Å²) in [5.41, 5.74) is -0.212. The van der Waals surface area contributed by atoms with Gasteiger partial charge in [0.2, 0.25) is 11.8 Å². The van der Waals surface area contributed by atoms with Crippen LogP contribution in [0.2, 0.25) is 5.02 Å². The molecule has 1 atom stereocenters. The summed E-state index contributed by atoms with van der Waals surface area (Å²) in [6, 6.07) is 7.14. The first-order valence-corrected chi connectivity index (χ1v) is 9.56. The first-order chi connectivity index (χ1) is 14.7. The zero-order chi connectivity index (χ0) is 22.0. The number of nitrogens with one attached hydrogen (secondary N) is 2. The average Bonchev–Trinajstić information content (AvgIpc) is 3.22. The summed E-state index contributed by atoms with van der Waals surface area (Å²) in [7, 11) is 0. The van der Waals surface area contributed by atoms with E-state index in [1.165, 1.54) is 16.9 Å². The van der Waals surface area contributed by atoms with Crippen LogP contribution in [-0.4, -0.2) is 26.6 Å². The Morgan fingerprint density at radius 2 is 1.90 bits per heavy atom. The van der Waals surface area contributed by atoms with Crippen molar-refractivity contribution in [3.05, 3.63) is 70.1 Å². The Hall–Kier alpha value is -3.40. The van der Waals surface area contributed by atoms with Gasteiger partial charge in [0.1, 0.15) is 11.2 Å². The minimum atomic E-state index is -4.48. The molecule has 0 saturated carbocycles. The molecule has 0 saturated heterocycles. The molecule has 0 radical (unpaired) electrons. The highest BCUT2D eigenvalue weighted by Crippen LogP contribution is 2.50. The van der Waals surface area contributed by atoms with Gasteiger partial charge >= 0.3 is 6.18 Å². The molecule has 2 amide bonds. The largest absolute Gasteiger partial charge is 0.417 e. The maximum absolute atomic E-state index is 13.0. The number of hydrogen-bond donors (Lipinski definition) is 2. The van der Waals surface area contributed by atoms with Gasteiger partial charge in [-0.15, -0.1) is 0 Å². The molecule has 0 aliphatic carbocycles. The van der Waals surface area contributed by atoms with Crippen LogP contribution in [0.15, 0.2) is 42.7 Å². The summed E-state index contributed by atoms with van der Waals surface area (Å²) in [5, 5.41) is 10.2. The molecule has 0 fully saturated rings. The summed E-state index contributed by atoms with van der Waals surface area (Å²) in [6.07, 6.45) is -2.38. The van der Waals surface area contributed by atoms with Gasteiger partial charge in [0.05, 0.1) is 24.0 Å². The molecular formula is C20H13ClF3N5O2. The molecule has 2 aromatic heterocycles. The molecule has 2 aliphatic rings. The van der Waals surface area contributed by atoms with Gasteiger partial charge in [-0.05, 0) is 35.9 Å². The van der Waals surface area contributed by atoms with E-state index in [2.05, 4.69) is 20.7 Å². The zero-order valence-electron chi connectivity index (χ0n) is 15.6. The topological polar surface area (TPSA) is 88.9 Å². The fraction of sp³-hybridized carbons (Fsp3) is 0.200. The fourth-order valence-corrected chi connectivity index (χ4v) is 4.25. The van der Waals surface area contributed by atoms with Gasteiger partial charge in [-0.1, -0.05) is 11.6 Å². The third kappa shape index (κ3) is 2.97. The molecule has 158 valence electrons. The second-order valence-electron chi connectivity index (χ2n) is 7.37. The molecule has 4 heterocycles. The summed E-state index contributed by atoms with van der Waals surface area (Å²) in [4.78, 5) is 29.5. The van der Waals surface area contributed by atoms with Gasteiger partial charge in [-0.25, -0.2) is 4.68 Å². The number of amides is 2. The Morgan fingerprint density at radius 3 is 2.61 bits per heavy atom. The molecule has 1 aromatic carbocycles. The molecule has 5 rings (SSSR count). The lowest BCUT2D eigenvalue weighted by Crippen LogP contribution is -2.43. The van der Waals surface area contributed by atoms with Crippen molar-refractivity contribution < 1.29 is 22.8 Å². The van der Waals surface area contributed by atoms with E-state index >= 15 is 0 Å². The van der Waals surface area contributed by atoms with Crippen molar-refractivity contribution in [1.29, 1.82) is 0 Å². The highest BCUT2D eigenvalue weighted by molar-refractivity contribution is 6.31. The predicted molar refractivity (Wildman–Crippen MR) is 105 cm³/mol. The normalized spacial score (nSPS) is 19.7. The Bertz CT molecular complexity index is 1240. The molecule has 2 aliphatic heterocycles. The highest BCUT2D eigenvalue weighted by atomic mass is 35.5. The van der Waals surface area contributed by atoms with Crippen LogP contribution in [0.3, 0.4) is 0 Å². The van der Waals surface area contributed by atoms with E-state index in [0.29, 0.717) is 33.3 Å². The van der Waals surface area contributed by atoms with Gasteiger partial charge in [0.25, 0.3) is 0 Å². The van der Waals surface area contributed by atoms with Crippen LogP contribution in [0.5, 0.6) is 0 Å². The van der Waals surface area contributed by atoms with E-state index in [1.807, 2.05) is 0 Å². The maximum atomic E-state index is 13.0. The van der Waals surface area contributed by atoms with Gasteiger partial charge in [0, 0.05) is 28.9 Å². The molecule has 31 heavy (non-hydrogen) atoms. The molecule has 7 nitrogen and oxygen atoms in total. The van der Waals surface area contributed by atoms with E-state index in [9.17, 15) is 22.8 Å². The number of halogens is 4. The van der Waals surface area contributed by atoms with Crippen LogP contribution in [0, 0.1) is 0 Å². The van der Waals surface area contributed by atoms with Crippen LogP contribution in [0.25, 0.3) is 0 Å². The summed E-state index contributed by atoms with van der Waals surface area (Å²) in [6.45, 7) is 0.00779. The van der Waals surface area contributed by atoms with Gasteiger partial charge < -0.3 is 10.6 Å². The van der Waals surface area contributed by atoms with Crippen molar-refractivity contribution in [2.24, 2.45) is 0 Å². The first-order valence-electron chi connectivity index (χ1n) is 9.18. The minimum Gasteiger partial charge on any atom is -0.325 e. The van der Waals surface area contributed by atoms with Crippen LogP contribution in [0.1, 0.15) is 28.8 Å². The van der Waals surface area contributed by atoms with Gasteiger partial charge in [0.15, 0.2) is 0 Å². The Labute approximate surface area is 178 Å². The third-order valence-corrected chi connectivity index (χ3v) is 5.76. The van der Waals surface area contributed by atoms with Crippen LogP contribution in [0.4, 0.5) is 24.7 Å². The number of anilines is 2. The third-order valence-electron chi connectivity index (χ3n) is 5.52. The van der Waals surface area contributed by atoms with E-state index < -0.39 is 23.1 Å². The highest BCUT2D eigenvalue weighted by Gasteiger charge is 2.54. The smallest absolute Gasteiger partial charge is 0.325 e. The summed E-state index contributed by atoms with van der Waals surface area (Å²) >= 11 is 6.15. The monoisotopic (exact) mass is 447 g/mol. The first kappa shape index (κ1) is 19.6. The van der Waals surface area contributed by atoms with Crippen molar-refractivity contribution in [1.82, 2.24) is 14.8 Å². The molecule has 0 bridgehead atoms. The number of pyridine rings is 1. The standard InChI is InChI=1S/C20H13ClF3N5O2/c21-11-2-4-15-13(5-11)19(18(31)27-15)6-16(30)28-17-14(19)8-26-29(17)9-12-3-1-10(7-25-12)20(22,23)24/h1-5,7-8H,6,9H2,(H,27,31)(H,28,30)/t19-/m1/s1. The number of alkyl halides is 3. The van der Waals surface area contributed by atoms with Crippen molar-refractivity contribution in [3.8, 4) is 0 Å². The second-order valence-corrected chi connectivity index (χ2v) is 7.81. The molecule has 2 N–H and O–H groups in total. The number of aromatic nitrogens is 3. The van der Waals surface area contributed by atoms with E-state index in [-0.39, 0.29) is 18.9 Å². The Morgan fingerprint density at radius 1 is 1.10 bits per heavy atom. The zero-order valence-corrected chi connectivity index (χ0v) is 16.4. The van der Waals surface area contributed by atoms with Gasteiger partial charge in [-0.3, -0.25) is 14.6 Å².